The summed E-state index contributed by atoms with van der Waals surface area (Å²) < 4.78 is 27.1. The highest BCUT2D eigenvalue weighted by Crippen LogP contribution is 2.24. The molecule has 0 atom stereocenters. The summed E-state index contributed by atoms with van der Waals surface area (Å²) in [6, 6.07) is 7.16. The number of sulfonamides is 1. The molecule has 0 amide bonds. The molecule has 20 heavy (non-hydrogen) atoms. The predicted octanol–water partition coefficient (Wildman–Crippen LogP) is 3.32. The van der Waals surface area contributed by atoms with E-state index in [4.69, 9.17) is 0 Å². The first-order valence-corrected chi connectivity index (χ1v) is 8.84. The van der Waals surface area contributed by atoms with Gasteiger partial charge < -0.3 is 5.32 Å². The van der Waals surface area contributed by atoms with E-state index in [1.54, 1.807) is 16.4 Å². The van der Waals surface area contributed by atoms with Crippen LogP contribution in [0.3, 0.4) is 0 Å². The third-order valence-corrected chi connectivity index (χ3v) is 4.97. The van der Waals surface area contributed by atoms with Gasteiger partial charge in [-0.1, -0.05) is 32.9 Å². The summed E-state index contributed by atoms with van der Waals surface area (Å²) in [5.74, 6) is 0. The molecule has 1 N–H and O–H groups in total. The molecule has 0 fully saturated rings. The summed E-state index contributed by atoms with van der Waals surface area (Å²) in [5.41, 5.74) is 0.701. The van der Waals surface area contributed by atoms with Gasteiger partial charge >= 0.3 is 0 Å². The van der Waals surface area contributed by atoms with E-state index in [0.717, 1.165) is 25.8 Å². The number of nitrogens with one attached hydrogen (secondary N) is 1. The fourth-order valence-electron chi connectivity index (χ4n) is 2.09. The fraction of sp³-hybridized carbons (Fsp3) is 0.600. The first-order chi connectivity index (χ1) is 9.57. The van der Waals surface area contributed by atoms with Crippen LogP contribution in [0.4, 0.5) is 5.69 Å². The second-order valence-corrected chi connectivity index (χ2v) is 6.73. The fourth-order valence-corrected chi connectivity index (χ4v) is 3.88. The molecule has 1 rings (SSSR count). The molecule has 0 heterocycles. The monoisotopic (exact) mass is 298 g/mol. The zero-order chi connectivity index (χ0) is 15.0. The van der Waals surface area contributed by atoms with Crippen LogP contribution in [0.25, 0.3) is 0 Å². The topological polar surface area (TPSA) is 49.4 Å². The van der Waals surface area contributed by atoms with E-state index in [1.807, 2.05) is 26.0 Å². The van der Waals surface area contributed by atoms with Gasteiger partial charge in [0.15, 0.2) is 0 Å². The Balaban J connectivity index is 3.12. The van der Waals surface area contributed by atoms with Crippen LogP contribution in [-0.4, -0.2) is 32.4 Å². The first kappa shape index (κ1) is 17.0. The van der Waals surface area contributed by atoms with Crippen LogP contribution in [0, 0.1) is 0 Å². The Morgan fingerprint density at radius 3 is 2.15 bits per heavy atom. The molecule has 5 heteroatoms. The van der Waals surface area contributed by atoms with Crippen molar-refractivity contribution in [2.45, 2.75) is 44.9 Å². The Morgan fingerprint density at radius 2 is 1.60 bits per heavy atom. The van der Waals surface area contributed by atoms with E-state index in [9.17, 15) is 8.42 Å². The molecule has 0 aliphatic rings. The SMILES string of the molecule is CCCNc1ccccc1S(=O)(=O)N(CCC)CCC. The van der Waals surface area contributed by atoms with E-state index in [2.05, 4.69) is 12.2 Å². The van der Waals surface area contributed by atoms with E-state index in [0.29, 0.717) is 23.7 Å². The van der Waals surface area contributed by atoms with Crippen LogP contribution in [-0.2, 0) is 10.0 Å². The maximum absolute atomic E-state index is 12.8. The smallest absolute Gasteiger partial charge is 0.245 e. The van der Waals surface area contributed by atoms with Crippen molar-refractivity contribution in [2.24, 2.45) is 0 Å². The van der Waals surface area contributed by atoms with Gasteiger partial charge in [-0.3, -0.25) is 0 Å². The third kappa shape index (κ3) is 4.21. The average Bonchev–Trinajstić information content (AvgIpc) is 2.45. The number of hydrogen-bond acceptors (Lipinski definition) is 3. The number of nitrogens with zero attached hydrogens (tertiary/aromatic N) is 1. The van der Waals surface area contributed by atoms with Gasteiger partial charge in [0.05, 0.1) is 5.69 Å². The lowest BCUT2D eigenvalue weighted by Crippen LogP contribution is -2.33. The second-order valence-electron chi connectivity index (χ2n) is 4.83. The van der Waals surface area contributed by atoms with E-state index in [-0.39, 0.29) is 0 Å². The summed E-state index contributed by atoms with van der Waals surface area (Å²) in [4.78, 5) is 0.385. The molecule has 114 valence electrons. The number of benzene rings is 1. The van der Waals surface area contributed by atoms with Gasteiger partial charge in [-0.25, -0.2) is 8.42 Å². The molecule has 0 unspecified atom stereocenters. The second kappa shape index (κ2) is 8.27. The third-order valence-electron chi connectivity index (χ3n) is 3.02. The van der Waals surface area contributed by atoms with Crippen LogP contribution in [0.1, 0.15) is 40.0 Å². The maximum atomic E-state index is 12.8. The lowest BCUT2D eigenvalue weighted by molar-refractivity contribution is 0.410. The highest BCUT2D eigenvalue weighted by Gasteiger charge is 2.25. The Bertz CT molecular complexity index is 494. The van der Waals surface area contributed by atoms with Gasteiger partial charge in [0, 0.05) is 19.6 Å². The summed E-state index contributed by atoms with van der Waals surface area (Å²) in [5, 5.41) is 3.20. The van der Waals surface area contributed by atoms with Crippen molar-refractivity contribution in [3.8, 4) is 0 Å². The summed E-state index contributed by atoms with van der Waals surface area (Å²) in [6.45, 7) is 7.97. The highest BCUT2D eigenvalue weighted by molar-refractivity contribution is 7.89. The standard InChI is InChI=1S/C15H26N2O2S/c1-4-11-16-14-9-7-8-10-15(14)20(18,19)17(12-5-2)13-6-3/h7-10,16H,4-6,11-13H2,1-3H3. The minimum absolute atomic E-state index is 0.385. The molecular formula is C15H26N2O2S. The van der Waals surface area contributed by atoms with Crippen LogP contribution in [0.15, 0.2) is 29.2 Å². The van der Waals surface area contributed by atoms with Gasteiger partial charge in [0.25, 0.3) is 0 Å². The molecule has 0 saturated carbocycles. The minimum Gasteiger partial charge on any atom is -0.384 e. The number of anilines is 1. The molecule has 0 saturated heterocycles. The molecule has 4 nitrogen and oxygen atoms in total. The van der Waals surface area contributed by atoms with E-state index in [1.165, 1.54) is 0 Å². The van der Waals surface area contributed by atoms with Crippen molar-refractivity contribution >= 4 is 15.7 Å². The molecule has 0 bridgehead atoms. The predicted molar refractivity (Wildman–Crippen MR) is 84.6 cm³/mol. The summed E-state index contributed by atoms with van der Waals surface area (Å²) in [7, 11) is -3.42. The van der Waals surface area contributed by atoms with Crippen molar-refractivity contribution in [2.75, 3.05) is 25.0 Å². The number of hydrogen-bond donors (Lipinski definition) is 1. The van der Waals surface area contributed by atoms with Crippen molar-refractivity contribution in [1.29, 1.82) is 0 Å². The number of rotatable bonds is 9. The lowest BCUT2D eigenvalue weighted by Gasteiger charge is -2.22. The van der Waals surface area contributed by atoms with E-state index < -0.39 is 10.0 Å². The van der Waals surface area contributed by atoms with Gasteiger partial charge in [0.1, 0.15) is 4.90 Å². The Labute approximate surface area is 123 Å². The zero-order valence-electron chi connectivity index (χ0n) is 12.7. The first-order valence-electron chi connectivity index (χ1n) is 7.40. The summed E-state index contributed by atoms with van der Waals surface area (Å²) >= 11 is 0. The molecule has 0 radical (unpaired) electrons. The van der Waals surface area contributed by atoms with Crippen molar-refractivity contribution in [3.63, 3.8) is 0 Å². The molecule has 0 aliphatic carbocycles. The lowest BCUT2D eigenvalue weighted by atomic mass is 10.3. The van der Waals surface area contributed by atoms with Crippen molar-refractivity contribution in [1.82, 2.24) is 4.31 Å². The van der Waals surface area contributed by atoms with Crippen LogP contribution in [0.5, 0.6) is 0 Å². The Kier molecular flexibility index (Phi) is 7.02. The van der Waals surface area contributed by atoms with Crippen LogP contribution < -0.4 is 5.32 Å². The number of para-hydroxylation sites is 1. The highest BCUT2D eigenvalue weighted by atomic mass is 32.2. The molecular weight excluding hydrogens is 272 g/mol. The molecule has 0 aromatic heterocycles. The summed E-state index contributed by atoms with van der Waals surface area (Å²) in [6.07, 6.45) is 2.61. The Morgan fingerprint density at radius 1 is 1.00 bits per heavy atom. The van der Waals surface area contributed by atoms with E-state index >= 15 is 0 Å². The van der Waals surface area contributed by atoms with Crippen LogP contribution >= 0.6 is 0 Å². The van der Waals surface area contributed by atoms with Gasteiger partial charge in [-0.05, 0) is 31.4 Å². The minimum atomic E-state index is -3.42. The van der Waals surface area contributed by atoms with Crippen molar-refractivity contribution in [3.05, 3.63) is 24.3 Å². The maximum Gasteiger partial charge on any atom is 0.245 e. The molecule has 0 spiro atoms. The van der Waals surface area contributed by atoms with Crippen LogP contribution in [0.2, 0.25) is 0 Å². The molecule has 1 aromatic carbocycles. The average molecular weight is 298 g/mol. The Hall–Kier alpha value is -1.07. The van der Waals surface area contributed by atoms with Crippen molar-refractivity contribution < 1.29 is 8.42 Å². The quantitative estimate of drug-likeness (QED) is 0.761. The zero-order valence-corrected chi connectivity index (χ0v) is 13.5. The van der Waals surface area contributed by atoms with Gasteiger partial charge in [-0.2, -0.15) is 4.31 Å². The molecule has 1 aromatic rings. The van der Waals surface area contributed by atoms with Gasteiger partial charge in [0.2, 0.25) is 10.0 Å². The van der Waals surface area contributed by atoms with Gasteiger partial charge in [-0.15, -0.1) is 0 Å². The molecule has 0 aliphatic heterocycles. The largest absolute Gasteiger partial charge is 0.384 e. The normalized spacial score (nSPS) is 11.8.